The minimum Gasteiger partial charge on any atom is -0.390 e. The van der Waals surface area contributed by atoms with E-state index in [-0.39, 0.29) is 0 Å². The van der Waals surface area contributed by atoms with Crippen molar-refractivity contribution >= 4 is 23.2 Å². The molecule has 18 heavy (non-hydrogen) atoms. The molecule has 2 rings (SSSR count). The Labute approximate surface area is 119 Å². The minimum atomic E-state index is -0.641. The Hall–Kier alpha value is -0.240. The summed E-state index contributed by atoms with van der Waals surface area (Å²) in [6.07, 6.45) is 6.70. The molecule has 0 heterocycles. The van der Waals surface area contributed by atoms with Gasteiger partial charge in [0, 0.05) is 6.42 Å². The summed E-state index contributed by atoms with van der Waals surface area (Å²) in [5.41, 5.74) is 0.414. The van der Waals surface area contributed by atoms with Crippen molar-refractivity contribution in [3.63, 3.8) is 0 Å². The van der Waals surface area contributed by atoms with E-state index in [0.717, 1.165) is 18.4 Å². The van der Waals surface area contributed by atoms with Gasteiger partial charge in [0.05, 0.1) is 15.6 Å². The first-order valence-corrected chi connectivity index (χ1v) is 7.41. The fraction of sp³-hybridized carbons (Fsp3) is 0.600. The third-order valence-corrected chi connectivity index (χ3v) is 4.77. The summed E-state index contributed by atoms with van der Waals surface area (Å²) in [4.78, 5) is 0. The predicted octanol–water partition coefficient (Wildman–Crippen LogP) is 4.87. The normalized spacial score (nSPS) is 20.7. The molecular formula is C15H20Cl2O. The lowest BCUT2D eigenvalue weighted by atomic mass is 9.75. The van der Waals surface area contributed by atoms with E-state index in [2.05, 4.69) is 0 Å². The Balaban J connectivity index is 2.08. The van der Waals surface area contributed by atoms with Crippen molar-refractivity contribution in [1.82, 2.24) is 0 Å². The van der Waals surface area contributed by atoms with Gasteiger partial charge in [0.15, 0.2) is 0 Å². The van der Waals surface area contributed by atoms with E-state index < -0.39 is 5.60 Å². The molecule has 0 saturated heterocycles. The molecule has 1 nitrogen and oxygen atoms in total. The molecule has 1 fully saturated rings. The summed E-state index contributed by atoms with van der Waals surface area (Å²) in [7, 11) is 0. The van der Waals surface area contributed by atoms with Crippen molar-refractivity contribution in [1.29, 1.82) is 0 Å². The molecule has 1 saturated carbocycles. The molecule has 0 radical (unpaired) electrons. The lowest BCUT2D eigenvalue weighted by molar-refractivity contribution is -0.0159. The smallest absolute Gasteiger partial charge is 0.0687 e. The van der Waals surface area contributed by atoms with E-state index in [0.29, 0.717) is 22.4 Å². The summed E-state index contributed by atoms with van der Waals surface area (Å²) in [6, 6.07) is 5.61. The van der Waals surface area contributed by atoms with Crippen LogP contribution in [0.5, 0.6) is 0 Å². The van der Waals surface area contributed by atoms with Crippen LogP contribution in [0.25, 0.3) is 0 Å². The molecule has 1 aliphatic rings. The fourth-order valence-electron chi connectivity index (χ4n) is 2.93. The summed E-state index contributed by atoms with van der Waals surface area (Å²) in [5.74, 6) is 0.403. The van der Waals surface area contributed by atoms with Crippen molar-refractivity contribution in [2.24, 2.45) is 5.92 Å². The Morgan fingerprint density at radius 3 is 2.44 bits per heavy atom. The molecule has 1 unspecified atom stereocenters. The molecule has 0 aliphatic heterocycles. The number of rotatable bonds is 3. The van der Waals surface area contributed by atoms with Gasteiger partial charge >= 0.3 is 0 Å². The van der Waals surface area contributed by atoms with E-state index in [9.17, 15) is 5.11 Å². The first-order valence-electron chi connectivity index (χ1n) is 6.65. The van der Waals surface area contributed by atoms with Crippen molar-refractivity contribution in [2.45, 2.75) is 51.0 Å². The van der Waals surface area contributed by atoms with Gasteiger partial charge in [-0.3, -0.25) is 0 Å². The molecule has 3 heteroatoms. The minimum absolute atomic E-state index is 0.403. The van der Waals surface area contributed by atoms with Gasteiger partial charge in [-0.2, -0.15) is 0 Å². The molecule has 0 bridgehead atoms. The standard InChI is InChI=1S/C15H20Cl2O/c1-15(18,12-5-3-2-4-6-12)10-11-7-8-13(16)14(17)9-11/h7-9,12,18H,2-6,10H2,1H3. The molecule has 1 atom stereocenters. The topological polar surface area (TPSA) is 20.2 Å². The Morgan fingerprint density at radius 2 is 1.83 bits per heavy atom. The van der Waals surface area contributed by atoms with Gasteiger partial charge in [-0.25, -0.2) is 0 Å². The van der Waals surface area contributed by atoms with E-state index >= 15 is 0 Å². The Kier molecular flexibility index (Phi) is 4.58. The number of hydrogen-bond acceptors (Lipinski definition) is 1. The lowest BCUT2D eigenvalue weighted by Gasteiger charge is -2.35. The molecule has 1 aliphatic carbocycles. The number of aliphatic hydroxyl groups is 1. The first-order chi connectivity index (χ1) is 8.49. The monoisotopic (exact) mass is 286 g/mol. The van der Waals surface area contributed by atoms with Gasteiger partial charge in [0.25, 0.3) is 0 Å². The molecule has 0 amide bonds. The van der Waals surface area contributed by atoms with Crippen molar-refractivity contribution in [2.75, 3.05) is 0 Å². The average Bonchev–Trinajstić information content (AvgIpc) is 2.35. The third-order valence-electron chi connectivity index (χ3n) is 4.03. The zero-order valence-corrected chi connectivity index (χ0v) is 12.3. The number of hydrogen-bond donors (Lipinski definition) is 1. The van der Waals surface area contributed by atoms with E-state index in [1.165, 1.54) is 19.3 Å². The highest BCUT2D eigenvalue weighted by molar-refractivity contribution is 6.42. The van der Waals surface area contributed by atoms with E-state index in [4.69, 9.17) is 23.2 Å². The van der Waals surface area contributed by atoms with Crippen LogP contribution >= 0.6 is 23.2 Å². The molecule has 1 aromatic rings. The van der Waals surface area contributed by atoms with Crippen LogP contribution in [0.15, 0.2) is 18.2 Å². The maximum atomic E-state index is 10.7. The highest BCUT2D eigenvalue weighted by Gasteiger charge is 2.32. The Morgan fingerprint density at radius 1 is 1.17 bits per heavy atom. The van der Waals surface area contributed by atoms with Gasteiger partial charge in [-0.15, -0.1) is 0 Å². The highest BCUT2D eigenvalue weighted by atomic mass is 35.5. The zero-order valence-electron chi connectivity index (χ0n) is 10.8. The fourth-order valence-corrected chi connectivity index (χ4v) is 3.25. The summed E-state index contributed by atoms with van der Waals surface area (Å²) in [5, 5.41) is 11.8. The van der Waals surface area contributed by atoms with Crippen LogP contribution in [0.4, 0.5) is 0 Å². The van der Waals surface area contributed by atoms with Gasteiger partial charge in [-0.05, 0) is 43.4 Å². The summed E-state index contributed by atoms with van der Waals surface area (Å²) in [6.45, 7) is 1.95. The van der Waals surface area contributed by atoms with Gasteiger partial charge < -0.3 is 5.11 Å². The van der Waals surface area contributed by atoms with Gasteiger partial charge in [0.2, 0.25) is 0 Å². The molecule has 0 spiro atoms. The van der Waals surface area contributed by atoms with Gasteiger partial charge in [-0.1, -0.05) is 48.5 Å². The molecule has 1 N–H and O–H groups in total. The van der Waals surface area contributed by atoms with Crippen LogP contribution in [0, 0.1) is 5.92 Å². The quantitative estimate of drug-likeness (QED) is 0.841. The second-order valence-electron chi connectivity index (χ2n) is 5.62. The molecule has 100 valence electrons. The predicted molar refractivity (Wildman–Crippen MR) is 77.4 cm³/mol. The maximum absolute atomic E-state index is 10.7. The lowest BCUT2D eigenvalue weighted by Crippen LogP contribution is -2.38. The van der Waals surface area contributed by atoms with E-state index in [1.807, 2.05) is 19.1 Å². The van der Waals surface area contributed by atoms with Crippen LogP contribution in [-0.4, -0.2) is 10.7 Å². The highest BCUT2D eigenvalue weighted by Crippen LogP contribution is 2.35. The average molecular weight is 287 g/mol. The summed E-state index contributed by atoms with van der Waals surface area (Å²) >= 11 is 11.9. The second kappa shape index (κ2) is 5.81. The van der Waals surface area contributed by atoms with Crippen LogP contribution in [0.2, 0.25) is 10.0 Å². The molecular weight excluding hydrogens is 267 g/mol. The van der Waals surface area contributed by atoms with Crippen LogP contribution in [0.1, 0.15) is 44.6 Å². The third kappa shape index (κ3) is 3.40. The van der Waals surface area contributed by atoms with Crippen LogP contribution in [0.3, 0.4) is 0 Å². The van der Waals surface area contributed by atoms with Crippen molar-refractivity contribution in [3.05, 3.63) is 33.8 Å². The zero-order chi connectivity index (χ0) is 13.2. The number of halogens is 2. The van der Waals surface area contributed by atoms with Gasteiger partial charge in [0.1, 0.15) is 0 Å². The first kappa shape index (κ1) is 14.2. The van der Waals surface area contributed by atoms with Crippen molar-refractivity contribution < 1.29 is 5.11 Å². The second-order valence-corrected chi connectivity index (χ2v) is 6.43. The SMILES string of the molecule is CC(O)(Cc1ccc(Cl)c(Cl)c1)C1CCCCC1. The van der Waals surface area contributed by atoms with Crippen LogP contribution in [-0.2, 0) is 6.42 Å². The maximum Gasteiger partial charge on any atom is 0.0687 e. The summed E-state index contributed by atoms with van der Waals surface area (Å²) < 4.78 is 0. The largest absolute Gasteiger partial charge is 0.390 e. The molecule has 0 aromatic heterocycles. The van der Waals surface area contributed by atoms with Crippen LogP contribution < -0.4 is 0 Å². The Bertz CT molecular complexity index is 409. The van der Waals surface area contributed by atoms with Crippen molar-refractivity contribution in [3.8, 4) is 0 Å². The molecule has 1 aromatic carbocycles. The number of benzene rings is 1. The van der Waals surface area contributed by atoms with E-state index in [1.54, 1.807) is 6.07 Å².